The summed E-state index contributed by atoms with van der Waals surface area (Å²) in [5.74, 6) is -0.0609. The summed E-state index contributed by atoms with van der Waals surface area (Å²) in [5.41, 5.74) is 0.452. The minimum Gasteiger partial charge on any atom is -0.466 e. The van der Waals surface area contributed by atoms with Gasteiger partial charge in [-0.05, 0) is 23.7 Å². The molecule has 0 rings (SSSR count). The molecule has 0 aliphatic rings. The van der Waals surface area contributed by atoms with Crippen molar-refractivity contribution >= 4 is 5.97 Å². The van der Waals surface area contributed by atoms with E-state index in [1.807, 2.05) is 0 Å². The number of esters is 1. The Kier molecular flexibility index (Phi) is 5.33. The maximum absolute atomic E-state index is 11.4. The average molecular weight is 214 g/mol. The van der Waals surface area contributed by atoms with Crippen LogP contribution in [-0.2, 0) is 9.53 Å². The Labute approximate surface area is 94.4 Å². The highest BCUT2D eigenvalue weighted by molar-refractivity contribution is 5.69. The smallest absolute Gasteiger partial charge is 0.305 e. The predicted octanol–water partition coefficient (Wildman–Crippen LogP) is 3.79. The number of carbonyl (C=O) groups excluding carboxylic acids is 1. The molecule has 0 bridgehead atoms. The molecule has 0 saturated carbocycles. The highest BCUT2D eigenvalue weighted by Crippen LogP contribution is 2.21. The lowest BCUT2D eigenvalue weighted by Gasteiger charge is -2.19. The summed E-state index contributed by atoms with van der Waals surface area (Å²) < 4.78 is 5.17. The van der Waals surface area contributed by atoms with Crippen molar-refractivity contribution in [3.8, 4) is 0 Å². The Morgan fingerprint density at radius 2 is 1.40 bits per heavy atom. The van der Waals surface area contributed by atoms with Crippen molar-refractivity contribution in [3.05, 3.63) is 0 Å². The van der Waals surface area contributed by atoms with E-state index in [2.05, 4.69) is 41.5 Å². The topological polar surface area (TPSA) is 26.3 Å². The van der Waals surface area contributed by atoms with Gasteiger partial charge in [0.2, 0.25) is 0 Å². The van der Waals surface area contributed by atoms with Crippen LogP contribution in [0.25, 0.3) is 0 Å². The van der Waals surface area contributed by atoms with Crippen LogP contribution in [-0.4, -0.2) is 12.6 Å². The quantitative estimate of drug-likeness (QED) is 0.665. The van der Waals surface area contributed by atoms with Crippen LogP contribution >= 0.6 is 0 Å². The van der Waals surface area contributed by atoms with Crippen molar-refractivity contribution in [1.29, 1.82) is 0 Å². The number of carbonyl (C=O) groups is 1. The van der Waals surface area contributed by atoms with E-state index >= 15 is 0 Å². The third kappa shape index (κ3) is 11.4. The molecule has 2 nitrogen and oxygen atoms in total. The van der Waals surface area contributed by atoms with Gasteiger partial charge < -0.3 is 4.74 Å². The molecule has 0 radical (unpaired) electrons. The van der Waals surface area contributed by atoms with Gasteiger partial charge in [0.25, 0.3) is 0 Å². The molecule has 0 unspecified atom stereocenters. The Bertz CT molecular complexity index is 194. The zero-order valence-electron chi connectivity index (χ0n) is 11.1. The van der Waals surface area contributed by atoms with Crippen LogP contribution in [0, 0.1) is 10.8 Å². The number of hydrogen-bond donors (Lipinski definition) is 0. The highest BCUT2D eigenvalue weighted by Gasteiger charge is 2.15. The molecular formula is C13H26O2. The van der Waals surface area contributed by atoms with Crippen molar-refractivity contribution in [1.82, 2.24) is 0 Å². The Hall–Kier alpha value is -0.530. The molecule has 0 spiro atoms. The molecule has 2 heteroatoms. The molecule has 0 atom stereocenters. The van der Waals surface area contributed by atoms with Crippen LogP contribution in [0.3, 0.4) is 0 Å². The SMILES string of the molecule is CC(C)(C)CCOC(=O)CCC(C)(C)C. The van der Waals surface area contributed by atoms with Gasteiger partial charge in [0.05, 0.1) is 6.61 Å². The van der Waals surface area contributed by atoms with E-state index in [1.54, 1.807) is 0 Å². The first-order valence-corrected chi connectivity index (χ1v) is 5.76. The summed E-state index contributed by atoms with van der Waals surface area (Å²) in [6.45, 7) is 13.4. The monoisotopic (exact) mass is 214 g/mol. The molecule has 0 saturated heterocycles. The Balaban J connectivity index is 3.60. The zero-order valence-corrected chi connectivity index (χ0v) is 11.1. The van der Waals surface area contributed by atoms with Gasteiger partial charge >= 0.3 is 5.97 Å². The van der Waals surface area contributed by atoms with E-state index in [0.29, 0.717) is 13.0 Å². The molecule has 0 aliphatic carbocycles. The van der Waals surface area contributed by atoms with Crippen molar-refractivity contribution in [3.63, 3.8) is 0 Å². The molecule has 0 aromatic heterocycles. The minimum absolute atomic E-state index is 0.0609. The summed E-state index contributed by atoms with van der Waals surface area (Å²) in [6, 6.07) is 0. The molecule has 0 aliphatic heterocycles. The Morgan fingerprint density at radius 3 is 1.80 bits per heavy atom. The van der Waals surface area contributed by atoms with Gasteiger partial charge in [-0.3, -0.25) is 4.79 Å². The van der Waals surface area contributed by atoms with E-state index < -0.39 is 0 Å². The third-order valence-electron chi connectivity index (χ3n) is 2.19. The number of hydrogen-bond acceptors (Lipinski definition) is 2. The van der Waals surface area contributed by atoms with Gasteiger partial charge in [-0.1, -0.05) is 41.5 Å². The first kappa shape index (κ1) is 14.5. The summed E-state index contributed by atoms with van der Waals surface area (Å²) >= 11 is 0. The van der Waals surface area contributed by atoms with Crippen molar-refractivity contribution < 1.29 is 9.53 Å². The van der Waals surface area contributed by atoms with Crippen molar-refractivity contribution in [2.45, 2.75) is 60.8 Å². The summed E-state index contributed by atoms with van der Waals surface area (Å²) in [7, 11) is 0. The molecule has 0 N–H and O–H groups in total. The molecular weight excluding hydrogens is 188 g/mol. The van der Waals surface area contributed by atoms with E-state index in [-0.39, 0.29) is 16.8 Å². The lowest BCUT2D eigenvalue weighted by atomic mass is 9.90. The maximum atomic E-state index is 11.4. The molecule has 0 aromatic carbocycles. The first-order valence-electron chi connectivity index (χ1n) is 5.76. The van der Waals surface area contributed by atoms with Gasteiger partial charge in [-0.15, -0.1) is 0 Å². The summed E-state index contributed by atoms with van der Waals surface area (Å²) in [6.07, 6.45) is 2.35. The van der Waals surface area contributed by atoms with Crippen LogP contribution in [0.4, 0.5) is 0 Å². The van der Waals surface area contributed by atoms with Gasteiger partial charge in [0.1, 0.15) is 0 Å². The largest absolute Gasteiger partial charge is 0.466 e. The second kappa shape index (κ2) is 5.53. The van der Waals surface area contributed by atoms with E-state index in [4.69, 9.17) is 4.74 Å². The minimum atomic E-state index is -0.0609. The van der Waals surface area contributed by atoms with Gasteiger partial charge in [-0.2, -0.15) is 0 Å². The fourth-order valence-corrected chi connectivity index (χ4v) is 1.02. The normalized spacial score (nSPS) is 12.7. The fraction of sp³-hybridized carbons (Fsp3) is 0.923. The van der Waals surface area contributed by atoms with Gasteiger partial charge in [0.15, 0.2) is 0 Å². The van der Waals surface area contributed by atoms with Crippen molar-refractivity contribution in [2.75, 3.05) is 6.61 Å². The summed E-state index contributed by atoms with van der Waals surface area (Å²) in [5, 5.41) is 0. The van der Waals surface area contributed by atoms with Crippen LogP contribution in [0.1, 0.15) is 60.8 Å². The van der Waals surface area contributed by atoms with E-state index in [0.717, 1.165) is 12.8 Å². The van der Waals surface area contributed by atoms with E-state index in [1.165, 1.54) is 0 Å². The first-order chi connectivity index (χ1) is 6.60. The molecule has 0 amide bonds. The maximum Gasteiger partial charge on any atom is 0.305 e. The van der Waals surface area contributed by atoms with E-state index in [9.17, 15) is 4.79 Å². The molecule has 90 valence electrons. The standard InChI is InChI=1S/C13H26O2/c1-12(2,3)8-7-11(14)15-10-9-13(4,5)6/h7-10H2,1-6H3. The van der Waals surface area contributed by atoms with Gasteiger partial charge in [0, 0.05) is 6.42 Å². The third-order valence-corrected chi connectivity index (χ3v) is 2.19. The highest BCUT2D eigenvalue weighted by atomic mass is 16.5. The van der Waals surface area contributed by atoms with Gasteiger partial charge in [-0.25, -0.2) is 0 Å². The fourth-order valence-electron chi connectivity index (χ4n) is 1.02. The molecule has 0 fully saturated rings. The second-order valence-electron chi connectivity index (χ2n) is 6.59. The molecule has 15 heavy (non-hydrogen) atoms. The second-order valence-corrected chi connectivity index (χ2v) is 6.59. The van der Waals surface area contributed by atoms with Crippen LogP contribution in [0.15, 0.2) is 0 Å². The Morgan fingerprint density at radius 1 is 0.933 bits per heavy atom. The number of rotatable bonds is 4. The average Bonchev–Trinajstić information content (AvgIpc) is 1.97. The van der Waals surface area contributed by atoms with Crippen LogP contribution in [0.2, 0.25) is 0 Å². The zero-order chi connectivity index (χ0) is 12.1. The number of ether oxygens (including phenoxy) is 1. The lowest BCUT2D eigenvalue weighted by molar-refractivity contribution is -0.144. The summed E-state index contributed by atoms with van der Waals surface area (Å²) in [4.78, 5) is 11.4. The van der Waals surface area contributed by atoms with Crippen molar-refractivity contribution in [2.24, 2.45) is 10.8 Å². The molecule has 0 heterocycles. The lowest BCUT2D eigenvalue weighted by Crippen LogP contribution is -2.15. The van der Waals surface area contributed by atoms with Crippen LogP contribution in [0.5, 0.6) is 0 Å². The predicted molar refractivity (Wildman–Crippen MR) is 63.7 cm³/mol. The molecule has 0 aromatic rings. The van der Waals surface area contributed by atoms with Crippen LogP contribution < -0.4 is 0 Å².